The molecule has 0 fully saturated rings. The molecule has 102 valence electrons. The standard InChI is InChI=1S/C10H14FN7O/c11-9-3-8(18(13)6-14-12)1-2-10(9)19-5-7-4-15-17-16-7/h1-4,6-7,16-17H,5,12-13H2/b14-6-. The normalized spacial score (nSPS) is 17.7. The molecule has 0 aromatic heterocycles. The van der Waals surface area contributed by atoms with E-state index in [-0.39, 0.29) is 18.4 Å². The summed E-state index contributed by atoms with van der Waals surface area (Å²) in [5, 5.41) is 8.09. The molecule has 1 atom stereocenters. The molecule has 1 aromatic carbocycles. The van der Waals surface area contributed by atoms with Crippen LogP contribution in [-0.4, -0.2) is 25.2 Å². The zero-order valence-corrected chi connectivity index (χ0v) is 9.95. The molecule has 2 rings (SSSR count). The Morgan fingerprint density at radius 1 is 1.58 bits per heavy atom. The van der Waals surface area contributed by atoms with Crippen molar-refractivity contribution in [1.29, 1.82) is 0 Å². The average Bonchev–Trinajstić information content (AvgIpc) is 2.90. The summed E-state index contributed by atoms with van der Waals surface area (Å²) in [6.45, 7) is 0.253. The first-order chi connectivity index (χ1) is 9.20. The number of hydrazone groups is 2. The predicted octanol–water partition coefficient (Wildman–Crippen LogP) is -0.751. The van der Waals surface area contributed by atoms with E-state index in [0.717, 1.165) is 5.01 Å². The van der Waals surface area contributed by atoms with Crippen molar-refractivity contribution in [3.8, 4) is 5.75 Å². The van der Waals surface area contributed by atoms with Crippen LogP contribution in [0.5, 0.6) is 5.75 Å². The lowest BCUT2D eigenvalue weighted by molar-refractivity contribution is 0.280. The van der Waals surface area contributed by atoms with Gasteiger partial charge in [0.15, 0.2) is 11.6 Å². The monoisotopic (exact) mass is 267 g/mol. The Balaban J connectivity index is 2.00. The van der Waals surface area contributed by atoms with Gasteiger partial charge < -0.3 is 10.6 Å². The van der Waals surface area contributed by atoms with Crippen LogP contribution in [0.4, 0.5) is 10.1 Å². The van der Waals surface area contributed by atoms with Crippen molar-refractivity contribution in [3.63, 3.8) is 0 Å². The van der Waals surface area contributed by atoms with Gasteiger partial charge in [-0.15, -0.1) is 0 Å². The van der Waals surface area contributed by atoms with E-state index in [0.29, 0.717) is 5.69 Å². The van der Waals surface area contributed by atoms with Gasteiger partial charge in [0.05, 0.1) is 11.7 Å². The van der Waals surface area contributed by atoms with Gasteiger partial charge in [-0.05, 0) is 12.1 Å². The van der Waals surface area contributed by atoms with Crippen LogP contribution in [-0.2, 0) is 0 Å². The summed E-state index contributed by atoms with van der Waals surface area (Å²) in [6, 6.07) is 4.20. The second-order valence-corrected chi connectivity index (χ2v) is 3.74. The van der Waals surface area contributed by atoms with E-state index >= 15 is 0 Å². The molecule has 0 saturated heterocycles. The van der Waals surface area contributed by atoms with E-state index in [2.05, 4.69) is 21.2 Å². The molecule has 0 amide bonds. The van der Waals surface area contributed by atoms with Crippen molar-refractivity contribution in [2.24, 2.45) is 21.9 Å². The lowest BCUT2D eigenvalue weighted by Gasteiger charge is -2.14. The molecule has 1 aromatic rings. The summed E-state index contributed by atoms with van der Waals surface area (Å²) in [4.78, 5) is 0. The van der Waals surface area contributed by atoms with E-state index in [4.69, 9.17) is 16.4 Å². The van der Waals surface area contributed by atoms with Gasteiger partial charge in [-0.25, -0.2) is 21.2 Å². The van der Waals surface area contributed by atoms with Gasteiger partial charge in [0.1, 0.15) is 12.9 Å². The van der Waals surface area contributed by atoms with Crippen molar-refractivity contribution >= 4 is 18.2 Å². The molecule has 0 spiro atoms. The zero-order valence-electron chi connectivity index (χ0n) is 9.95. The molecule has 0 aliphatic carbocycles. The molecule has 1 aliphatic heterocycles. The fourth-order valence-electron chi connectivity index (χ4n) is 1.45. The molecule has 1 heterocycles. The molecular weight excluding hydrogens is 253 g/mol. The zero-order chi connectivity index (χ0) is 13.7. The molecule has 1 aliphatic rings. The second kappa shape index (κ2) is 5.98. The Morgan fingerprint density at radius 2 is 2.42 bits per heavy atom. The van der Waals surface area contributed by atoms with Crippen LogP contribution < -0.4 is 32.4 Å². The quantitative estimate of drug-likeness (QED) is 0.241. The molecule has 1 unspecified atom stereocenters. The van der Waals surface area contributed by atoms with Crippen LogP contribution in [0.15, 0.2) is 28.4 Å². The van der Waals surface area contributed by atoms with Gasteiger partial charge >= 0.3 is 0 Å². The fourth-order valence-corrected chi connectivity index (χ4v) is 1.45. The summed E-state index contributed by atoms with van der Waals surface area (Å²) in [5.74, 6) is 10.1. The van der Waals surface area contributed by atoms with Gasteiger partial charge in [-0.2, -0.15) is 10.2 Å². The molecule has 6 N–H and O–H groups in total. The smallest absolute Gasteiger partial charge is 0.167 e. The van der Waals surface area contributed by atoms with Crippen LogP contribution in [0.25, 0.3) is 0 Å². The average molecular weight is 267 g/mol. The molecule has 9 heteroatoms. The first kappa shape index (κ1) is 13.1. The number of nitrogens with zero attached hydrogens (tertiary/aromatic N) is 3. The van der Waals surface area contributed by atoms with Gasteiger partial charge in [0, 0.05) is 12.3 Å². The first-order valence-electron chi connectivity index (χ1n) is 5.44. The fraction of sp³-hybridized carbons (Fsp3) is 0.200. The highest BCUT2D eigenvalue weighted by Crippen LogP contribution is 2.22. The molecule has 0 bridgehead atoms. The van der Waals surface area contributed by atoms with Crippen molar-refractivity contribution in [1.82, 2.24) is 11.0 Å². The van der Waals surface area contributed by atoms with Crippen molar-refractivity contribution in [2.45, 2.75) is 6.04 Å². The first-order valence-corrected chi connectivity index (χ1v) is 5.44. The number of benzene rings is 1. The van der Waals surface area contributed by atoms with Crippen LogP contribution in [0.3, 0.4) is 0 Å². The third kappa shape index (κ3) is 3.30. The molecule has 19 heavy (non-hydrogen) atoms. The van der Waals surface area contributed by atoms with Crippen LogP contribution in [0, 0.1) is 5.82 Å². The molecule has 0 saturated carbocycles. The summed E-state index contributed by atoms with van der Waals surface area (Å²) in [6.07, 6.45) is 2.80. The number of nitrogens with two attached hydrogens (primary N) is 2. The molecular formula is C10H14FN7O. The van der Waals surface area contributed by atoms with E-state index < -0.39 is 5.82 Å². The maximum atomic E-state index is 13.8. The van der Waals surface area contributed by atoms with Gasteiger partial charge in [-0.1, -0.05) is 0 Å². The van der Waals surface area contributed by atoms with Crippen LogP contribution in [0.2, 0.25) is 0 Å². The highest BCUT2D eigenvalue weighted by molar-refractivity contribution is 5.77. The maximum absolute atomic E-state index is 13.8. The van der Waals surface area contributed by atoms with Crippen LogP contribution in [0.1, 0.15) is 0 Å². The SMILES string of the molecule is N/N=C\N(N)c1ccc(OCC2C=NNN2)c(F)c1. The maximum Gasteiger partial charge on any atom is 0.167 e. The van der Waals surface area contributed by atoms with Gasteiger partial charge in [0.2, 0.25) is 0 Å². The van der Waals surface area contributed by atoms with E-state index in [9.17, 15) is 4.39 Å². The predicted molar refractivity (Wildman–Crippen MR) is 69.8 cm³/mol. The van der Waals surface area contributed by atoms with Crippen molar-refractivity contribution < 1.29 is 9.13 Å². The third-order valence-corrected chi connectivity index (χ3v) is 2.39. The number of nitrogens with one attached hydrogen (secondary N) is 2. The number of ether oxygens (including phenoxy) is 1. The number of hydrogen-bond acceptors (Lipinski definition) is 7. The minimum Gasteiger partial charge on any atom is -0.488 e. The van der Waals surface area contributed by atoms with E-state index in [1.807, 2.05) is 0 Å². The molecule has 0 radical (unpaired) electrons. The number of halogens is 1. The second-order valence-electron chi connectivity index (χ2n) is 3.74. The Labute approximate surface area is 108 Å². The Morgan fingerprint density at radius 3 is 3.05 bits per heavy atom. The largest absolute Gasteiger partial charge is 0.488 e. The summed E-state index contributed by atoms with van der Waals surface area (Å²) >= 11 is 0. The van der Waals surface area contributed by atoms with E-state index in [1.54, 1.807) is 12.3 Å². The highest BCUT2D eigenvalue weighted by Gasteiger charge is 2.12. The minimum atomic E-state index is -0.527. The Kier molecular flexibility index (Phi) is 4.11. The van der Waals surface area contributed by atoms with Crippen molar-refractivity contribution in [2.75, 3.05) is 11.6 Å². The lowest BCUT2D eigenvalue weighted by atomic mass is 10.3. The number of hydrogen-bond donors (Lipinski definition) is 4. The summed E-state index contributed by atoms with van der Waals surface area (Å²) in [5.41, 5.74) is 5.77. The topological polar surface area (TPSA) is 113 Å². The van der Waals surface area contributed by atoms with Gasteiger partial charge in [0.25, 0.3) is 0 Å². The summed E-state index contributed by atoms with van der Waals surface area (Å²) in [7, 11) is 0. The van der Waals surface area contributed by atoms with E-state index in [1.165, 1.54) is 18.5 Å². The number of rotatable bonds is 5. The Hall–Kier alpha value is -2.39. The van der Waals surface area contributed by atoms with Crippen LogP contribution >= 0.6 is 0 Å². The minimum absolute atomic E-state index is 0.102. The Bertz CT molecular complexity index is 493. The number of hydrazine groups is 2. The highest BCUT2D eigenvalue weighted by atomic mass is 19.1. The van der Waals surface area contributed by atoms with Crippen molar-refractivity contribution in [3.05, 3.63) is 24.0 Å². The molecule has 8 nitrogen and oxygen atoms in total. The number of anilines is 1. The summed E-state index contributed by atoms with van der Waals surface area (Å²) < 4.78 is 19.1. The van der Waals surface area contributed by atoms with Gasteiger partial charge in [-0.3, -0.25) is 5.01 Å². The third-order valence-electron chi connectivity index (χ3n) is 2.39. The lowest BCUT2D eigenvalue weighted by Crippen LogP contribution is -2.36.